The van der Waals surface area contributed by atoms with Gasteiger partial charge in [-0.25, -0.2) is 0 Å². The van der Waals surface area contributed by atoms with Gasteiger partial charge in [-0.2, -0.15) is 23.4 Å². The Balaban J connectivity index is 1.82. The molecule has 0 atom stereocenters. The number of aryl methyl sites for hydroxylation is 1. The highest BCUT2D eigenvalue weighted by Gasteiger charge is 2.19. The molecule has 2 aromatic carbocycles. The number of H-pyrrole nitrogens is 1. The number of aromatic amines is 1. The van der Waals surface area contributed by atoms with Gasteiger partial charge in [-0.15, -0.1) is 0 Å². The van der Waals surface area contributed by atoms with Gasteiger partial charge in [-0.1, -0.05) is 29.8 Å². The molecule has 2 N–H and O–H groups in total. The zero-order chi connectivity index (χ0) is 20.1. The second-order valence-electron chi connectivity index (χ2n) is 5.94. The van der Waals surface area contributed by atoms with Gasteiger partial charge in [0.05, 0.1) is 32.3 Å². The van der Waals surface area contributed by atoms with Crippen LogP contribution in [0.15, 0.2) is 58.7 Å². The number of nitrogens with one attached hydrogen (secondary N) is 2. The predicted molar refractivity (Wildman–Crippen MR) is 106 cm³/mol. The van der Waals surface area contributed by atoms with E-state index in [0.717, 1.165) is 16.8 Å². The molecule has 28 heavy (non-hydrogen) atoms. The van der Waals surface area contributed by atoms with E-state index in [1.807, 2.05) is 31.2 Å². The molecular weight excluding hydrogens is 380 g/mol. The lowest BCUT2D eigenvalue weighted by Crippen LogP contribution is -2.19. The molecule has 0 saturated heterocycles. The van der Waals surface area contributed by atoms with Crippen LogP contribution in [0.5, 0.6) is 11.5 Å². The summed E-state index contributed by atoms with van der Waals surface area (Å²) >= 11 is 0. The van der Waals surface area contributed by atoms with Crippen molar-refractivity contribution in [2.45, 2.75) is 11.8 Å². The fraction of sp³-hybridized carbons (Fsp3) is 0.158. The Labute approximate surface area is 163 Å². The molecule has 0 fully saturated rings. The van der Waals surface area contributed by atoms with Crippen LogP contribution in [0.4, 0.5) is 0 Å². The predicted octanol–water partition coefficient (Wildman–Crippen LogP) is 2.71. The normalized spacial score (nSPS) is 11.5. The van der Waals surface area contributed by atoms with Gasteiger partial charge in [0.25, 0.3) is 10.0 Å². The summed E-state index contributed by atoms with van der Waals surface area (Å²) in [6.45, 7) is 2.00. The molecule has 0 aliphatic heterocycles. The molecule has 0 unspecified atom stereocenters. The summed E-state index contributed by atoms with van der Waals surface area (Å²) in [4.78, 5) is 2.15. The molecular formula is C19H20N4O4S. The summed E-state index contributed by atoms with van der Waals surface area (Å²) in [7, 11) is -1.05. The highest BCUT2D eigenvalue weighted by molar-refractivity contribution is 7.89. The Morgan fingerprint density at radius 2 is 1.86 bits per heavy atom. The van der Waals surface area contributed by atoms with E-state index in [1.54, 1.807) is 6.20 Å². The highest BCUT2D eigenvalue weighted by atomic mass is 32.2. The minimum absolute atomic E-state index is 0.0427. The van der Waals surface area contributed by atoms with Crippen molar-refractivity contribution in [2.24, 2.45) is 5.10 Å². The third-order valence-electron chi connectivity index (χ3n) is 4.05. The van der Waals surface area contributed by atoms with E-state index in [4.69, 9.17) is 9.47 Å². The van der Waals surface area contributed by atoms with E-state index in [-0.39, 0.29) is 10.6 Å². The Morgan fingerprint density at radius 1 is 1.11 bits per heavy atom. The van der Waals surface area contributed by atoms with E-state index in [0.29, 0.717) is 11.3 Å². The van der Waals surface area contributed by atoms with Gasteiger partial charge in [0.2, 0.25) is 0 Å². The summed E-state index contributed by atoms with van der Waals surface area (Å²) in [5, 5.41) is 10.8. The van der Waals surface area contributed by atoms with Crippen molar-refractivity contribution < 1.29 is 17.9 Å². The van der Waals surface area contributed by atoms with Crippen LogP contribution in [0.1, 0.15) is 11.1 Å². The Kier molecular flexibility index (Phi) is 5.65. The van der Waals surface area contributed by atoms with Gasteiger partial charge in [-0.05, 0) is 19.1 Å². The molecule has 0 spiro atoms. The molecule has 1 aromatic heterocycles. The van der Waals surface area contributed by atoms with Gasteiger partial charge in [0.1, 0.15) is 16.4 Å². The van der Waals surface area contributed by atoms with Crippen LogP contribution < -0.4 is 14.3 Å². The van der Waals surface area contributed by atoms with Crippen molar-refractivity contribution >= 4 is 16.2 Å². The van der Waals surface area contributed by atoms with E-state index >= 15 is 0 Å². The summed E-state index contributed by atoms with van der Waals surface area (Å²) in [6.07, 6.45) is 2.97. The van der Waals surface area contributed by atoms with Crippen LogP contribution in [0.2, 0.25) is 0 Å². The Morgan fingerprint density at radius 3 is 2.54 bits per heavy atom. The van der Waals surface area contributed by atoms with Gasteiger partial charge < -0.3 is 9.47 Å². The molecule has 0 radical (unpaired) electrons. The summed E-state index contributed by atoms with van der Waals surface area (Å²) in [5.41, 5.74) is 3.45. The first-order chi connectivity index (χ1) is 13.4. The lowest BCUT2D eigenvalue weighted by molar-refractivity contribution is 0.386. The number of ether oxygens (including phenoxy) is 2. The average Bonchev–Trinajstić information content (AvgIpc) is 3.16. The number of nitrogens with zero attached hydrogens (tertiary/aromatic N) is 2. The third kappa shape index (κ3) is 4.15. The van der Waals surface area contributed by atoms with Crippen LogP contribution in [-0.4, -0.2) is 39.0 Å². The van der Waals surface area contributed by atoms with Crippen LogP contribution in [0.3, 0.4) is 0 Å². The molecule has 1 heterocycles. The van der Waals surface area contributed by atoms with Crippen molar-refractivity contribution in [2.75, 3.05) is 14.2 Å². The molecule has 0 aliphatic carbocycles. The first-order valence-corrected chi connectivity index (χ1v) is 9.80. The molecule has 3 rings (SSSR count). The maximum Gasteiger partial charge on any atom is 0.280 e. The minimum atomic E-state index is -3.92. The van der Waals surface area contributed by atoms with Gasteiger partial charge >= 0.3 is 0 Å². The second-order valence-corrected chi connectivity index (χ2v) is 7.57. The van der Waals surface area contributed by atoms with Crippen LogP contribution >= 0.6 is 0 Å². The molecule has 0 saturated carbocycles. The summed E-state index contributed by atoms with van der Waals surface area (Å²) < 4.78 is 35.4. The molecule has 3 aromatic rings. The largest absolute Gasteiger partial charge is 0.497 e. The van der Waals surface area contributed by atoms with Crippen LogP contribution in [0, 0.1) is 6.92 Å². The summed E-state index contributed by atoms with van der Waals surface area (Å²) in [6, 6.07) is 12.3. The fourth-order valence-electron chi connectivity index (χ4n) is 2.56. The van der Waals surface area contributed by atoms with E-state index in [2.05, 4.69) is 20.1 Å². The number of methoxy groups -OCH3 is 2. The Bertz CT molecular complexity index is 1090. The van der Waals surface area contributed by atoms with Crippen LogP contribution in [-0.2, 0) is 10.0 Å². The quantitative estimate of drug-likeness (QED) is 0.469. The first-order valence-electron chi connectivity index (χ1n) is 8.32. The number of rotatable bonds is 7. The van der Waals surface area contributed by atoms with Crippen molar-refractivity contribution in [3.8, 4) is 22.8 Å². The molecule has 0 bridgehead atoms. The lowest BCUT2D eigenvalue weighted by Gasteiger charge is -2.10. The van der Waals surface area contributed by atoms with Crippen molar-refractivity contribution in [1.82, 2.24) is 15.0 Å². The SMILES string of the molecule is COc1ccc(S(=O)(=O)NN=Cc2cn[nH]c2-c2ccc(C)cc2)c(OC)c1. The maximum absolute atomic E-state index is 12.6. The number of hydrogen-bond acceptors (Lipinski definition) is 6. The molecule has 0 aliphatic rings. The number of sulfonamides is 1. The van der Waals surface area contributed by atoms with E-state index < -0.39 is 10.0 Å². The monoisotopic (exact) mass is 400 g/mol. The van der Waals surface area contributed by atoms with Gasteiger partial charge in [0, 0.05) is 17.2 Å². The molecule has 146 valence electrons. The average molecular weight is 400 g/mol. The number of hydrogen-bond donors (Lipinski definition) is 2. The number of benzene rings is 2. The van der Waals surface area contributed by atoms with Crippen molar-refractivity contribution in [3.63, 3.8) is 0 Å². The van der Waals surface area contributed by atoms with E-state index in [1.165, 1.54) is 38.6 Å². The second kappa shape index (κ2) is 8.13. The molecule has 0 amide bonds. The minimum Gasteiger partial charge on any atom is -0.497 e. The zero-order valence-corrected chi connectivity index (χ0v) is 16.4. The fourth-order valence-corrected chi connectivity index (χ4v) is 3.50. The zero-order valence-electron chi connectivity index (χ0n) is 15.6. The highest BCUT2D eigenvalue weighted by Crippen LogP contribution is 2.28. The molecule has 8 nitrogen and oxygen atoms in total. The molecule has 9 heteroatoms. The first kappa shape index (κ1) is 19.4. The number of hydrazone groups is 1. The maximum atomic E-state index is 12.6. The Hall–Kier alpha value is -3.33. The van der Waals surface area contributed by atoms with Gasteiger partial charge in [-0.3, -0.25) is 5.10 Å². The standard InChI is InChI=1S/C19H20N4O4S/c1-13-4-6-14(7-5-13)19-15(11-20-22-19)12-21-23-28(24,25)18-9-8-16(26-2)10-17(18)27-3/h4-12,23H,1-3H3,(H,20,22). The smallest absolute Gasteiger partial charge is 0.280 e. The van der Waals surface area contributed by atoms with Crippen molar-refractivity contribution in [1.29, 1.82) is 0 Å². The third-order valence-corrected chi connectivity index (χ3v) is 5.31. The summed E-state index contributed by atoms with van der Waals surface area (Å²) in [5.74, 6) is 0.645. The van der Waals surface area contributed by atoms with Crippen LogP contribution in [0.25, 0.3) is 11.3 Å². The van der Waals surface area contributed by atoms with E-state index in [9.17, 15) is 8.42 Å². The topological polar surface area (TPSA) is 106 Å². The lowest BCUT2D eigenvalue weighted by atomic mass is 10.1. The van der Waals surface area contributed by atoms with Crippen molar-refractivity contribution in [3.05, 3.63) is 59.8 Å². The number of aromatic nitrogens is 2. The van der Waals surface area contributed by atoms with Gasteiger partial charge in [0.15, 0.2) is 0 Å².